The first-order valence-corrected chi connectivity index (χ1v) is 4.25. The fourth-order valence-electron chi connectivity index (χ4n) is 1.83. The second kappa shape index (κ2) is 2.29. The molecule has 0 saturated heterocycles. The van der Waals surface area contributed by atoms with E-state index in [4.69, 9.17) is 4.74 Å². The van der Waals surface area contributed by atoms with Gasteiger partial charge in [0, 0.05) is 11.3 Å². The summed E-state index contributed by atoms with van der Waals surface area (Å²) >= 11 is 0. The Kier molecular flexibility index (Phi) is 1.24. The second-order valence-electron chi connectivity index (χ2n) is 3.27. The molecule has 0 amide bonds. The fraction of sp³-hybridized carbons (Fsp3) is 0.333. The average Bonchev–Trinajstić information content (AvgIpc) is 2.47. The predicted octanol–water partition coefficient (Wildman–Crippen LogP) is 1.07. The minimum Gasteiger partial charge on any atom is -0.370 e. The summed E-state index contributed by atoms with van der Waals surface area (Å²) in [4.78, 5) is 4.19. The van der Waals surface area contributed by atoms with Gasteiger partial charge in [0.1, 0.15) is 6.33 Å². The molecule has 0 atom stereocenters. The van der Waals surface area contributed by atoms with Gasteiger partial charge in [-0.25, -0.2) is 9.50 Å². The summed E-state index contributed by atoms with van der Waals surface area (Å²) in [5.41, 5.74) is 4.45. The summed E-state index contributed by atoms with van der Waals surface area (Å²) in [5.74, 6) is 0. The maximum atomic E-state index is 5.40. The molecule has 0 fully saturated rings. The Labute approximate surface area is 75.2 Å². The predicted molar refractivity (Wildman–Crippen MR) is 46.2 cm³/mol. The highest BCUT2D eigenvalue weighted by Crippen LogP contribution is 2.23. The zero-order valence-electron chi connectivity index (χ0n) is 7.32. The number of hydrogen-bond acceptors (Lipinski definition) is 3. The van der Waals surface area contributed by atoms with Crippen molar-refractivity contribution in [3.05, 3.63) is 29.3 Å². The molecule has 4 heteroatoms. The molecule has 3 heterocycles. The molecule has 3 rings (SSSR count). The molecule has 0 N–H and O–H groups in total. The van der Waals surface area contributed by atoms with Gasteiger partial charge in [-0.1, -0.05) is 0 Å². The van der Waals surface area contributed by atoms with E-state index in [-0.39, 0.29) is 0 Å². The van der Waals surface area contributed by atoms with Crippen LogP contribution >= 0.6 is 0 Å². The van der Waals surface area contributed by atoms with Crippen molar-refractivity contribution in [3.8, 4) is 0 Å². The lowest BCUT2D eigenvalue weighted by atomic mass is 10.2. The van der Waals surface area contributed by atoms with Crippen LogP contribution in [0, 0.1) is 6.92 Å². The zero-order chi connectivity index (χ0) is 8.84. The van der Waals surface area contributed by atoms with Crippen LogP contribution in [-0.2, 0) is 18.0 Å². The molecule has 2 aromatic rings. The lowest BCUT2D eigenvalue weighted by Crippen LogP contribution is -2.07. The third kappa shape index (κ3) is 0.833. The SMILES string of the molecule is Cc1cc2c3c(ncnn13)COC2. The van der Waals surface area contributed by atoms with E-state index in [0.717, 1.165) is 16.9 Å². The molecule has 0 aromatic carbocycles. The largest absolute Gasteiger partial charge is 0.370 e. The molecule has 0 bridgehead atoms. The van der Waals surface area contributed by atoms with Crippen molar-refractivity contribution in [1.82, 2.24) is 14.6 Å². The average molecular weight is 175 g/mol. The molecule has 2 aromatic heterocycles. The Morgan fingerprint density at radius 3 is 3.31 bits per heavy atom. The number of ether oxygens (including phenoxy) is 1. The molecule has 0 saturated carbocycles. The molecule has 4 nitrogen and oxygen atoms in total. The van der Waals surface area contributed by atoms with Crippen molar-refractivity contribution in [2.75, 3.05) is 0 Å². The summed E-state index contributed by atoms with van der Waals surface area (Å²) in [6, 6.07) is 2.10. The van der Waals surface area contributed by atoms with Crippen LogP contribution in [0.2, 0.25) is 0 Å². The number of nitrogens with zero attached hydrogens (tertiary/aromatic N) is 3. The van der Waals surface area contributed by atoms with Crippen molar-refractivity contribution in [3.63, 3.8) is 0 Å². The van der Waals surface area contributed by atoms with Gasteiger partial charge < -0.3 is 4.74 Å². The van der Waals surface area contributed by atoms with Crippen LogP contribution in [0.4, 0.5) is 0 Å². The Morgan fingerprint density at radius 1 is 1.46 bits per heavy atom. The van der Waals surface area contributed by atoms with Crippen molar-refractivity contribution < 1.29 is 4.74 Å². The van der Waals surface area contributed by atoms with E-state index < -0.39 is 0 Å². The Bertz CT molecular complexity index is 475. The second-order valence-corrected chi connectivity index (χ2v) is 3.27. The van der Waals surface area contributed by atoms with Gasteiger partial charge >= 0.3 is 0 Å². The zero-order valence-corrected chi connectivity index (χ0v) is 7.32. The first-order chi connectivity index (χ1) is 6.36. The molecule has 0 spiro atoms. The molecule has 1 aliphatic heterocycles. The van der Waals surface area contributed by atoms with Crippen LogP contribution in [0.25, 0.3) is 5.52 Å². The Morgan fingerprint density at radius 2 is 2.38 bits per heavy atom. The third-order valence-corrected chi connectivity index (χ3v) is 2.38. The van der Waals surface area contributed by atoms with E-state index in [1.165, 1.54) is 5.56 Å². The van der Waals surface area contributed by atoms with Gasteiger partial charge in [-0.3, -0.25) is 0 Å². The Balaban J connectivity index is 2.51. The van der Waals surface area contributed by atoms with Gasteiger partial charge in [-0.15, -0.1) is 0 Å². The van der Waals surface area contributed by atoms with Crippen LogP contribution in [0.3, 0.4) is 0 Å². The Hall–Kier alpha value is -1.42. The first kappa shape index (κ1) is 7.03. The van der Waals surface area contributed by atoms with Crippen LogP contribution in [0.1, 0.15) is 17.0 Å². The monoisotopic (exact) mass is 175 g/mol. The highest BCUT2D eigenvalue weighted by atomic mass is 16.5. The molecule has 0 radical (unpaired) electrons. The normalized spacial score (nSPS) is 15.2. The molecular formula is C9H9N3O. The summed E-state index contributed by atoms with van der Waals surface area (Å²) in [7, 11) is 0. The minimum absolute atomic E-state index is 0.600. The quantitative estimate of drug-likeness (QED) is 0.601. The molecule has 66 valence electrons. The fourth-order valence-corrected chi connectivity index (χ4v) is 1.83. The van der Waals surface area contributed by atoms with E-state index >= 15 is 0 Å². The van der Waals surface area contributed by atoms with Gasteiger partial charge in [0.2, 0.25) is 0 Å². The standard InChI is InChI=1S/C9H9N3O/c1-6-2-7-3-13-4-8-9(7)12(6)11-5-10-8/h2,5H,3-4H2,1H3. The first-order valence-electron chi connectivity index (χ1n) is 4.25. The van der Waals surface area contributed by atoms with Gasteiger partial charge in [0.25, 0.3) is 0 Å². The highest BCUT2D eigenvalue weighted by molar-refractivity contribution is 5.60. The van der Waals surface area contributed by atoms with Crippen LogP contribution in [0.15, 0.2) is 12.4 Å². The van der Waals surface area contributed by atoms with Gasteiger partial charge in [0.15, 0.2) is 0 Å². The van der Waals surface area contributed by atoms with Crippen LogP contribution in [-0.4, -0.2) is 14.6 Å². The summed E-state index contributed by atoms with van der Waals surface area (Å²) < 4.78 is 7.33. The molecule has 1 aliphatic rings. The van der Waals surface area contributed by atoms with Crippen molar-refractivity contribution in [2.24, 2.45) is 0 Å². The van der Waals surface area contributed by atoms with E-state index in [9.17, 15) is 0 Å². The van der Waals surface area contributed by atoms with Crippen molar-refractivity contribution in [2.45, 2.75) is 20.1 Å². The third-order valence-electron chi connectivity index (χ3n) is 2.38. The summed E-state index contributed by atoms with van der Waals surface area (Å²) in [6.07, 6.45) is 1.58. The molecule has 13 heavy (non-hydrogen) atoms. The lowest BCUT2D eigenvalue weighted by molar-refractivity contribution is 0.0996. The van der Waals surface area contributed by atoms with Gasteiger partial charge in [0.05, 0.1) is 24.4 Å². The minimum atomic E-state index is 0.600. The van der Waals surface area contributed by atoms with Gasteiger partial charge in [-0.2, -0.15) is 5.10 Å². The number of rotatable bonds is 0. The molecule has 0 aliphatic carbocycles. The summed E-state index contributed by atoms with van der Waals surface area (Å²) in [6.45, 7) is 3.32. The van der Waals surface area contributed by atoms with E-state index in [2.05, 4.69) is 16.1 Å². The molecular weight excluding hydrogens is 166 g/mol. The number of hydrogen-bond donors (Lipinski definition) is 0. The summed E-state index contributed by atoms with van der Waals surface area (Å²) in [5, 5.41) is 4.19. The van der Waals surface area contributed by atoms with E-state index in [1.54, 1.807) is 6.33 Å². The van der Waals surface area contributed by atoms with Crippen LogP contribution < -0.4 is 0 Å². The lowest BCUT2D eigenvalue weighted by Gasteiger charge is -2.11. The highest BCUT2D eigenvalue weighted by Gasteiger charge is 2.16. The van der Waals surface area contributed by atoms with Crippen LogP contribution in [0.5, 0.6) is 0 Å². The maximum Gasteiger partial charge on any atom is 0.136 e. The molecule has 0 unspecified atom stereocenters. The van der Waals surface area contributed by atoms with E-state index in [0.29, 0.717) is 13.2 Å². The van der Waals surface area contributed by atoms with E-state index in [1.807, 2.05) is 11.4 Å². The number of aromatic nitrogens is 3. The topological polar surface area (TPSA) is 39.4 Å². The van der Waals surface area contributed by atoms with Gasteiger partial charge in [-0.05, 0) is 13.0 Å². The van der Waals surface area contributed by atoms with Crippen molar-refractivity contribution >= 4 is 5.52 Å². The number of aryl methyl sites for hydroxylation is 1. The maximum absolute atomic E-state index is 5.40. The smallest absolute Gasteiger partial charge is 0.136 e. The van der Waals surface area contributed by atoms with Crippen molar-refractivity contribution in [1.29, 1.82) is 0 Å².